The summed E-state index contributed by atoms with van der Waals surface area (Å²) in [5.74, 6) is 0. The van der Waals surface area contributed by atoms with E-state index in [0.717, 1.165) is 19.5 Å². The minimum absolute atomic E-state index is 0.175. The van der Waals surface area contributed by atoms with Crippen LogP contribution in [0, 0.1) is 0 Å². The molecule has 0 spiro atoms. The van der Waals surface area contributed by atoms with Gasteiger partial charge in [0.2, 0.25) is 0 Å². The highest BCUT2D eigenvalue weighted by molar-refractivity contribution is 5.16. The molecule has 1 aromatic rings. The summed E-state index contributed by atoms with van der Waals surface area (Å²) in [6.45, 7) is 2.93. The number of β-amino-alcohol motifs (C(OH)–C–C–N with tert-alkyl or cyclic N) is 1. The first-order valence-electron chi connectivity index (χ1n) is 7.45. The fraction of sp³-hybridized carbons (Fsp3) is 0.625. The van der Waals surface area contributed by atoms with Crippen molar-refractivity contribution in [3.05, 3.63) is 35.9 Å². The highest BCUT2D eigenvalue weighted by Crippen LogP contribution is 2.11. The number of rotatable bonds is 5. The van der Waals surface area contributed by atoms with Crippen LogP contribution >= 0.6 is 0 Å². The number of benzene rings is 1. The Labute approximate surface area is 116 Å². The lowest BCUT2D eigenvalue weighted by molar-refractivity contribution is 0.0923. The summed E-state index contributed by atoms with van der Waals surface area (Å²) in [6.07, 6.45) is 5.46. The Morgan fingerprint density at radius 2 is 1.68 bits per heavy atom. The van der Waals surface area contributed by atoms with Crippen molar-refractivity contribution < 1.29 is 5.11 Å². The molecule has 106 valence electrons. The molecule has 1 aliphatic heterocycles. The largest absolute Gasteiger partial charge is 0.390 e. The number of aliphatic hydroxyl groups excluding tert-OH is 1. The standard InChI is InChI=1S/C16H26N2O/c17-15(12-14-8-4-3-5-9-14)16(19)13-18-10-6-1-2-7-11-18/h3-5,8-9,15-16,19H,1-2,6-7,10-13,17H2. The Kier molecular flexibility index (Phi) is 5.83. The molecule has 1 heterocycles. The van der Waals surface area contributed by atoms with Crippen LogP contribution in [-0.2, 0) is 6.42 Å². The van der Waals surface area contributed by atoms with Crippen molar-refractivity contribution >= 4 is 0 Å². The van der Waals surface area contributed by atoms with Gasteiger partial charge in [-0.25, -0.2) is 0 Å². The average Bonchev–Trinajstić information content (AvgIpc) is 2.68. The SMILES string of the molecule is NC(Cc1ccccc1)C(O)CN1CCCCCC1. The lowest BCUT2D eigenvalue weighted by Gasteiger charge is -2.26. The van der Waals surface area contributed by atoms with Crippen LogP contribution in [0.1, 0.15) is 31.2 Å². The highest BCUT2D eigenvalue weighted by Gasteiger charge is 2.19. The maximum absolute atomic E-state index is 10.3. The van der Waals surface area contributed by atoms with Gasteiger partial charge in [-0.1, -0.05) is 43.2 Å². The molecule has 0 bridgehead atoms. The van der Waals surface area contributed by atoms with Crippen molar-refractivity contribution in [2.75, 3.05) is 19.6 Å². The van der Waals surface area contributed by atoms with Crippen LogP contribution in [-0.4, -0.2) is 41.8 Å². The molecule has 0 amide bonds. The summed E-state index contributed by atoms with van der Waals surface area (Å²) in [5, 5.41) is 10.3. The lowest BCUT2D eigenvalue weighted by Crippen LogP contribution is -2.45. The molecule has 0 aromatic heterocycles. The second-order valence-electron chi connectivity index (χ2n) is 5.64. The van der Waals surface area contributed by atoms with Gasteiger partial charge in [-0.15, -0.1) is 0 Å². The van der Waals surface area contributed by atoms with Gasteiger partial charge in [0.1, 0.15) is 0 Å². The Balaban J connectivity index is 1.79. The molecular formula is C16H26N2O. The van der Waals surface area contributed by atoms with E-state index in [1.807, 2.05) is 18.2 Å². The van der Waals surface area contributed by atoms with E-state index in [0.29, 0.717) is 6.54 Å². The van der Waals surface area contributed by atoms with Gasteiger partial charge in [0.05, 0.1) is 6.10 Å². The summed E-state index contributed by atoms with van der Waals surface area (Å²) >= 11 is 0. The predicted molar refractivity (Wildman–Crippen MR) is 79.0 cm³/mol. The van der Waals surface area contributed by atoms with Crippen LogP contribution in [0.15, 0.2) is 30.3 Å². The van der Waals surface area contributed by atoms with Crippen molar-refractivity contribution in [1.82, 2.24) is 4.90 Å². The molecule has 1 saturated heterocycles. The van der Waals surface area contributed by atoms with E-state index in [1.54, 1.807) is 0 Å². The van der Waals surface area contributed by atoms with Crippen molar-refractivity contribution in [3.63, 3.8) is 0 Å². The molecule has 3 nitrogen and oxygen atoms in total. The second kappa shape index (κ2) is 7.63. The first-order valence-corrected chi connectivity index (χ1v) is 7.45. The van der Waals surface area contributed by atoms with Crippen LogP contribution in [0.2, 0.25) is 0 Å². The van der Waals surface area contributed by atoms with E-state index in [1.165, 1.54) is 31.2 Å². The number of aliphatic hydroxyl groups is 1. The third-order valence-corrected chi connectivity index (χ3v) is 3.95. The van der Waals surface area contributed by atoms with Gasteiger partial charge in [0, 0.05) is 12.6 Å². The first kappa shape index (κ1) is 14.5. The summed E-state index contributed by atoms with van der Waals surface area (Å²) in [5.41, 5.74) is 7.33. The smallest absolute Gasteiger partial charge is 0.0820 e. The second-order valence-corrected chi connectivity index (χ2v) is 5.64. The Bertz CT molecular complexity index is 347. The maximum atomic E-state index is 10.3. The average molecular weight is 262 g/mol. The third kappa shape index (κ3) is 4.94. The Morgan fingerprint density at radius 1 is 1.05 bits per heavy atom. The summed E-state index contributed by atoms with van der Waals surface area (Å²) in [7, 11) is 0. The molecule has 2 rings (SSSR count). The number of likely N-dealkylation sites (tertiary alicyclic amines) is 1. The van der Waals surface area contributed by atoms with Gasteiger partial charge in [0.15, 0.2) is 0 Å². The minimum Gasteiger partial charge on any atom is -0.390 e. The molecule has 1 fully saturated rings. The molecule has 0 radical (unpaired) electrons. The summed E-state index contributed by atoms with van der Waals surface area (Å²) in [4.78, 5) is 2.36. The van der Waals surface area contributed by atoms with Crippen molar-refractivity contribution in [1.29, 1.82) is 0 Å². The zero-order valence-electron chi connectivity index (χ0n) is 11.7. The molecule has 2 atom stereocenters. The van der Waals surface area contributed by atoms with Gasteiger partial charge in [-0.3, -0.25) is 0 Å². The fourth-order valence-electron chi connectivity index (χ4n) is 2.74. The molecule has 3 heteroatoms. The number of hydrogen-bond acceptors (Lipinski definition) is 3. The van der Waals surface area contributed by atoms with E-state index >= 15 is 0 Å². The van der Waals surface area contributed by atoms with E-state index in [2.05, 4.69) is 17.0 Å². The van der Waals surface area contributed by atoms with E-state index in [9.17, 15) is 5.11 Å². The van der Waals surface area contributed by atoms with Gasteiger partial charge >= 0.3 is 0 Å². The van der Waals surface area contributed by atoms with Crippen LogP contribution in [0.3, 0.4) is 0 Å². The van der Waals surface area contributed by atoms with Crippen molar-refractivity contribution in [2.24, 2.45) is 5.73 Å². The molecule has 0 aliphatic carbocycles. The highest BCUT2D eigenvalue weighted by atomic mass is 16.3. The lowest BCUT2D eigenvalue weighted by atomic mass is 10.0. The van der Waals surface area contributed by atoms with Crippen LogP contribution in [0.5, 0.6) is 0 Å². The van der Waals surface area contributed by atoms with Gasteiger partial charge in [-0.05, 0) is 37.9 Å². The molecule has 1 aromatic carbocycles. The molecule has 0 saturated carbocycles. The third-order valence-electron chi connectivity index (χ3n) is 3.95. The normalized spacial score (nSPS) is 20.7. The van der Waals surface area contributed by atoms with E-state index in [-0.39, 0.29) is 6.04 Å². The van der Waals surface area contributed by atoms with Crippen LogP contribution in [0.25, 0.3) is 0 Å². The molecule has 3 N–H and O–H groups in total. The molecule has 19 heavy (non-hydrogen) atoms. The van der Waals surface area contributed by atoms with Gasteiger partial charge in [0.25, 0.3) is 0 Å². The van der Waals surface area contributed by atoms with E-state index in [4.69, 9.17) is 5.73 Å². The molecule has 1 aliphatic rings. The van der Waals surface area contributed by atoms with Crippen molar-refractivity contribution in [2.45, 2.75) is 44.2 Å². The Morgan fingerprint density at radius 3 is 2.32 bits per heavy atom. The van der Waals surface area contributed by atoms with Crippen LogP contribution in [0.4, 0.5) is 0 Å². The fourth-order valence-corrected chi connectivity index (χ4v) is 2.74. The minimum atomic E-state index is -0.432. The monoisotopic (exact) mass is 262 g/mol. The van der Waals surface area contributed by atoms with Gasteiger partial charge in [-0.2, -0.15) is 0 Å². The maximum Gasteiger partial charge on any atom is 0.0820 e. The summed E-state index contributed by atoms with van der Waals surface area (Å²) < 4.78 is 0. The molecule has 2 unspecified atom stereocenters. The van der Waals surface area contributed by atoms with Crippen molar-refractivity contribution in [3.8, 4) is 0 Å². The topological polar surface area (TPSA) is 49.5 Å². The zero-order chi connectivity index (χ0) is 13.5. The number of hydrogen-bond donors (Lipinski definition) is 2. The summed E-state index contributed by atoms with van der Waals surface area (Å²) in [6, 6.07) is 10.00. The molecular weight excluding hydrogens is 236 g/mol. The zero-order valence-corrected chi connectivity index (χ0v) is 11.7. The quantitative estimate of drug-likeness (QED) is 0.850. The first-order chi connectivity index (χ1) is 9.25. The number of nitrogens with zero attached hydrogens (tertiary/aromatic N) is 1. The van der Waals surface area contributed by atoms with Crippen LogP contribution < -0.4 is 5.73 Å². The van der Waals surface area contributed by atoms with E-state index < -0.39 is 6.10 Å². The Hall–Kier alpha value is -0.900. The number of nitrogens with two attached hydrogens (primary N) is 1. The van der Waals surface area contributed by atoms with Gasteiger partial charge < -0.3 is 15.7 Å². The predicted octanol–water partition coefficient (Wildman–Crippen LogP) is 1.79.